The molecule has 0 aliphatic heterocycles. The number of ketones is 2. The van der Waals surface area contributed by atoms with Gasteiger partial charge in [0.2, 0.25) is 0 Å². The van der Waals surface area contributed by atoms with Crippen LogP contribution in [0.4, 0.5) is 0 Å². The molecule has 3 nitrogen and oxygen atoms in total. The molecule has 0 amide bonds. The maximum absolute atomic E-state index is 12.2. The maximum Gasteiger partial charge on any atom is 0.150 e. The van der Waals surface area contributed by atoms with Gasteiger partial charge in [0.15, 0.2) is 0 Å². The van der Waals surface area contributed by atoms with Crippen molar-refractivity contribution in [1.82, 2.24) is 5.32 Å². The van der Waals surface area contributed by atoms with E-state index < -0.39 is 0 Å². The fourth-order valence-corrected chi connectivity index (χ4v) is 2.23. The summed E-state index contributed by atoms with van der Waals surface area (Å²) in [5.41, 5.74) is 0. The van der Waals surface area contributed by atoms with Crippen LogP contribution in [0.3, 0.4) is 0 Å². The third kappa shape index (κ3) is 6.90. The van der Waals surface area contributed by atoms with E-state index in [0.29, 0.717) is 18.3 Å². The van der Waals surface area contributed by atoms with Gasteiger partial charge < -0.3 is 5.32 Å². The zero-order valence-electron chi connectivity index (χ0n) is 12.7. The molecule has 0 aromatic rings. The Morgan fingerprint density at radius 1 is 1.00 bits per heavy atom. The van der Waals surface area contributed by atoms with E-state index in [4.69, 9.17) is 0 Å². The standard InChI is InChI=1S/C15H29NO2/c1-10(2)7-13(12(5)17)9-15(18)14(16-6)8-11(3)4/h10-11,13-14,16H,7-9H2,1-6H3. The van der Waals surface area contributed by atoms with E-state index in [1.165, 1.54) is 0 Å². The highest BCUT2D eigenvalue weighted by Crippen LogP contribution is 2.19. The Kier molecular flexibility index (Phi) is 8.08. The van der Waals surface area contributed by atoms with E-state index in [1.807, 2.05) is 7.05 Å². The van der Waals surface area contributed by atoms with Gasteiger partial charge in [-0.3, -0.25) is 9.59 Å². The van der Waals surface area contributed by atoms with Gasteiger partial charge in [-0.15, -0.1) is 0 Å². The molecule has 0 bridgehead atoms. The molecule has 1 N–H and O–H groups in total. The zero-order valence-corrected chi connectivity index (χ0v) is 12.7. The van der Waals surface area contributed by atoms with Crippen molar-refractivity contribution in [2.75, 3.05) is 7.05 Å². The Balaban J connectivity index is 4.51. The van der Waals surface area contributed by atoms with Crippen molar-refractivity contribution in [2.45, 2.75) is 59.9 Å². The number of hydrogen-bond donors (Lipinski definition) is 1. The van der Waals surface area contributed by atoms with E-state index >= 15 is 0 Å². The highest BCUT2D eigenvalue weighted by atomic mass is 16.1. The van der Waals surface area contributed by atoms with Gasteiger partial charge in [-0.25, -0.2) is 0 Å². The smallest absolute Gasteiger partial charge is 0.150 e. The molecule has 0 radical (unpaired) electrons. The molecule has 2 atom stereocenters. The second-order valence-electron chi connectivity index (χ2n) is 6.08. The summed E-state index contributed by atoms with van der Waals surface area (Å²) in [7, 11) is 1.82. The SMILES string of the molecule is CNC(CC(C)C)C(=O)CC(CC(C)C)C(C)=O. The first kappa shape index (κ1) is 17.3. The first-order chi connectivity index (χ1) is 8.27. The fourth-order valence-electron chi connectivity index (χ4n) is 2.23. The summed E-state index contributed by atoms with van der Waals surface area (Å²) in [5.74, 6) is 1.13. The first-order valence-electron chi connectivity index (χ1n) is 6.98. The van der Waals surface area contributed by atoms with Crippen LogP contribution in [0.5, 0.6) is 0 Å². The maximum atomic E-state index is 12.2. The van der Waals surface area contributed by atoms with Crippen LogP contribution in [0.15, 0.2) is 0 Å². The van der Waals surface area contributed by atoms with Gasteiger partial charge in [0, 0.05) is 12.3 Å². The number of nitrogens with one attached hydrogen (secondary N) is 1. The number of hydrogen-bond acceptors (Lipinski definition) is 3. The molecule has 0 rings (SSSR count). The topological polar surface area (TPSA) is 46.2 Å². The molecule has 0 saturated heterocycles. The quantitative estimate of drug-likeness (QED) is 0.689. The van der Waals surface area contributed by atoms with Gasteiger partial charge in [-0.1, -0.05) is 27.7 Å². The summed E-state index contributed by atoms with van der Waals surface area (Å²) >= 11 is 0. The van der Waals surface area contributed by atoms with Gasteiger partial charge in [0.05, 0.1) is 6.04 Å². The molecule has 0 aromatic carbocycles. The van der Waals surface area contributed by atoms with Crippen LogP contribution >= 0.6 is 0 Å². The number of rotatable bonds is 9. The van der Waals surface area contributed by atoms with E-state index in [-0.39, 0.29) is 23.5 Å². The number of Topliss-reactive ketones (excluding diaryl/α,β-unsaturated/α-hetero) is 2. The Morgan fingerprint density at radius 2 is 1.50 bits per heavy atom. The van der Waals surface area contributed by atoms with Crippen LogP contribution in [0.25, 0.3) is 0 Å². The average molecular weight is 255 g/mol. The molecule has 0 aliphatic carbocycles. The van der Waals surface area contributed by atoms with Gasteiger partial charge in [0.1, 0.15) is 11.6 Å². The normalized spacial score (nSPS) is 14.9. The van der Waals surface area contributed by atoms with E-state index in [1.54, 1.807) is 6.92 Å². The zero-order chi connectivity index (χ0) is 14.3. The van der Waals surface area contributed by atoms with Crippen molar-refractivity contribution in [1.29, 1.82) is 0 Å². The van der Waals surface area contributed by atoms with Crippen molar-refractivity contribution < 1.29 is 9.59 Å². The van der Waals surface area contributed by atoms with Crippen molar-refractivity contribution in [2.24, 2.45) is 17.8 Å². The molecule has 0 saturated carbocycles. The summed E-state index contributed by atoms with van der Waals surface area (Å²) in [5, 5.41) is 3.07. The number of likely N-dealkylation sites (N-methyl/N-ethyl adjacent to an activating group) is 1. The molecular formula is C15H29NO2. The van der Waals surface area contributed by atoms with Crippen LogP contribution < -0.4 is 5.32 Å². The predicted molar refractivity (Wildman–Crippen MR) is 75.6 cm³/mol. The molecule has 0 fully saturated rings. The third-order valence-electron chi connectivity index (χ3n) is 3.22. The largest absolute Gasteiger partial charge is 0.311 e. The van der Waals surface area contributed by atoms with E-state index in [0.717, 1.165) is 12.8 Å². The van der Waals surface area contributed by atoms with E-state index in [9.17, 15) is 9.59 Å². The highest BCUT2D eigenvalue weighted by molar-refractivity contribution is 5.89. The lowest BCUT2D eigenvalue weighted by Gasteiger charge is -2.21. The number of carbonyl (C=O) groups is 2. The number of carbonyl (C=O) groups excluding carboxylic acids is 2. The predicted octanol–water partition coefficient (Wildman–Crippen LogP) is 2.83. The van der Waals surface area contributed by atoms with E-state index in [2.05, 4.69) is 33.0 Å². The Morgan fingerprint density at radius 3 is 1.83 bits per heavy atom. The lowest BCUT2D eigenvalue weighted by Crippen LogP contribution is -2.37. The highest BCUT2D eigenvalue weighted by Gasteiger charge is 2.24. The second kappa shape index (κ2) is 8.41. The monoisotopic (exact) mass is 255 g/mol. The minimum atomic E-state index is -0.112. The summed E-state index contributed by atoms with van der Waals surface area (Å²) < 4.78 is 0. The van der Waals surface area contributed by atoms with Crippen LogP contribution in [-0.2, 0) is 9.59 Å². The minimum absolute atomic E-state index is 0.111. The van der Waals surface area contributed by atoms with Gasteiger partial charge in [0.25, 0.3) is 0 Å². The van der Waals surface area contributed by atoms with Gasteiger partial charge in [-0.05, 0) is 38.6 Å². The Bertz CT molecular complexity index is 272. The van der Waals surface area contributed by atoms with Crippen molar-refractivity contribution in [3.05, 3.63) is 0 Å². The Labute approximate surface area is 112 Å². The van der Waals surface area contributed by atoms with Gasteiger partial charge in [-0.2, -0.15) is 0 Å². The lowest BCUT2D eigenvalue weighted by atomic mass is 9.86. The molecule has 0 spiro atoms. The van der Waals surface area contributed by atoms with Crippen LogP contribution in [0, 0.1) is 17.8 Å². The van der Waals surface area contributed by atoms with Crippen LogP contribution in [-0.4, -0.2) is 24.7 Å². The van der Waals surface area contributed by atoms with Crippen LogP contribution in [0.1, 0.15) is 53.9 Å². The summed E-state index contributed by atoms with van der Waals surface area (Å²) in [4.78, 5) is 23.8. The lowest BCUT2D eigenvalue weighted by molar-refractivity contribution is -0.128. The third-order valence-corrected chi connectivity index (χ3v) is 3.22. The molecule has 106 valence electrons. The summed E-state index contributed by atoms with van der Waals surface area (Å²) in [6.45, 7) is 9.98. The van der Waals surface area contributed by atoms with Crippen molar-refractivity contribution in [3.63, 3.8) is 0 Å². The second-order valence-corrected chi connectivity index (χ2v) is 6.08. The average Bonchev–Trinajstić information content (AvgIpc) is 2.23. The molecule has 2 unspecified atom stereocenters. The molecule has 0 aliphatic rings. The first-order valence-corrected chi connectivity index (χ1v) is 6.98. The summed E-state index contributed by atoms with van der Waals surface area (Å²) in [6, 6.07) is -0.112. The molecular weight excluding hydrogens is 226 g/mol. The molecule has 0 aromatic heterocycles. The molecule has 3 heteroatoms. The molecule has 0 heterocycles. The van der Waals surface area contributed by atoms with Crippen molar-refractivity contribution in [3.8, 4) is 0 Å². The molecule has 18 heavy (non-hydrogen) atoms. The fraction of sp³-hybridized carbons (Fsp3) is 0.867. The van der Waals surface area contributed by atoms with Crippen LogP contribution in [0.2, 0.25) is 0 Å². The van der Waals surface area contributed by atoms with Crippen molar-refractivity contribution >= 4 is 11.6 Å². The Hall–Kier alpha value is -0.700. The minimum Gasteiger partial charge on any atom is -0.311 e. The van der Waals surface area contributed by atoms with Gasteiger partial charge >= 0.3 is 0 Å². The summed E-state index contributed by atoms with van der Waals surface area (Å²) in [6.07, 6.45) is 2.02.